The van der Waals surface area contributed by atoms with Gasteiger partial charge < -0.3 is 20.1 Å². The molecule has 0 fully saturated rings. The molecule has 0 spiro atoms. The molecule has 1 unspecified atom stereocenters. The van der Waals surface area contributed by atoms with Crippen LogP contribution < -0.4 is 10.1 Å². The van der Waals surface area contributed by atoms with Crippen molar-refractivity contribution < 1.29 is 9.84 Å². The minimum atomic E-state index is -0.650. The first-order chi connectivity index (χ1) is 12.6. The molecule has 1 aromatic heterocycles. The third kappa shape index (κ3) is 7.72. The number of aromatic nitrogens is 1. The number of rotatable bonds is 8. The molecular formula is C20H29IN4O2. The van der Waals surface area contributed by atoms with E-state index in [1.54, 1.807) is 24.5 Å². The van der Waals surface area contributed by atoms with Crippen LogP contribution in [0.15, 0.2) is 53.8 Å². The van der Waals surface area contributed by atoms with E-state index in [2.05, 4.69) is 15.3 Å². The molecule has 0 aliphatic heterocycles. The first kappa shape index (κ1) is 23.2. The highest BCUT2D eigenvalue weighted by Crippen LogP contribution is 2.16. The Balaban J connectivity index is 0.00000364. The topological polar surface area (TPSA) is 70.0 Å². The Kier molecular flexibility index (Phi) is 10.7. The van der Waals surface area contributed by atoms with Crippen LogP contribution in [0.2, 0.25) is 0 Å². The van der Waals surface area contributed by atoms with Crippen LogP contribution in [0, 0.1) is 6.92 Å². The van der Waals surface area contributed by atoms with Gasteiger partial charge in [-0.25, -0.2) is 0 Å². The lowest BCUT2D eigenvalue weighted by Crippen LogP contribution is -2.41. The van der Waals surface area contributed by atoms with E-state index < -0.39 is 6.10 Å². The summed E-state index contributed by atoms with van der Waals surface area (Å²) < 4.78 is 5.85. The molecule has 2 aromatic rings. The predicted molar refractivity (Wildman–Crippen MR) is 120 cm³/mol. The van der Waals surface area contributed by atoms with Crippen LogP contribution in [0.4, 0.5) is 0 Å². The SMILES string of the molecule is CCNC(=NCC(O)c1ccncc1)N(C)CCOc1ccccc1C.I. The Hall–Kier alpha value is -1.87. The number of aliphatic hydroxyl groups excluding tert-OH is 1. The largest absolute Gasteiger partial charge is 0.491 e. The Morgan fingerprint density at radius 3 is 2.63 bits per heavy atom. The third-order valence-corrected chi connectivity index (χ3v) is 3.98. The number of aliphatic hydroxyl groups is 1. The van der Waals surface area contributed by atoms with Crippen molar-refractivity contribution in [2.45, 2.75) is 20.0 Å². The number of halogens is 1. The van der Waals surface area contributed by atoms with E-state index in [1.165, 1.54) is 0 Å². The summed E-state index contributed by atoms with van der Waals surface area (Å²) in [6, 6.07) is 11.6. The van der Waals surface area contributed by atoms with Crippen LogP contribution in [0.25, 0.3) is 0 Å². The second-order valence-corrected chi connectivity index (χ2v) is 6.03. The second-order valence-electron chi connectivity index (χ2n) is 6.03. The third-order valence-electron chi connectivity index (χ3n) is 3.98. The van der Waals surface area contributed by atoms with E-state index in [4.69, 9.17) is 4.74 Å². The molecule has 148 valence electrons. The fraction of sp³-hybridized carbons (Fsp3) is 0.400. The van der Waals surface area contributed by atoms with Crippen LogP contribution in [-0.2, 0) is 0 Å². The zero-order valence-electron chi connectivity index (χ0n) is 16.1. The summed E-state index contributed by atoms with van der Waals surface area (Å²) in [6.07, 6.45) is 2.69. The lowest BCUT2D eigenvalue weighted by molar-refractivity contribution is 0.186. The highest BCUT2D eigenvalue weighted by atomic mass is 127. The Labute approximate surface area is 178 Å². The number of ether oxygens (including phenoxy) is 1. The van der Waals surface area contributed by atoms with Crippen molar-refractivity contribution in [1.29, 1.82) is 0 Å². The van der Waals surface area contributed by atoms with Crippen LogP contribution in [0.5, 0.6) is 5.75 Å². The summed E-state index contributed by atoms with van der Waals surface area (Å²) in [5.41, 5.74) is 1.93. The molecule has 0 saturated heterocycles. The van der Waals surface area contributed by atoms with Crippen molar-refractivity contribution >= 4 is 29.9 Å². The van der Waals surface area contributed by atoms with Crippen LogP contribution >= 0.6 is 24.0 Å². The van der Waals surface area contributed by atoms with Crippen LogP contribution in [-0.4, -0.2) is 54.2 Å². The molecule has 7 heteroatoms. The van der Waals surface area contributed by atoms with Gasteiger partial charge in [0.15, 0.2) is 5.96 Å². The first-order valence-electron chi connectivity index (χ1n) is 8.87. The summed E-state index contributed by atoms with van der Waals surface area (Å²) in [4.78, 5) is 10.5. The number of aliphatic imine (C=N–C) groups is 1. The molecule has 0 aliphatic rings. The van der Waals surface area contributed by atoms with Crippen molar-refractivity contribution in [3.63, 3.8) is 0 Å². The molecule has 0 bridgehead atoms. The van der Waals surface area contributed by atoms with E-state index in [1.807, 2.05) is 50.1 Å². The Morgan fingerprint density at radius 2 is 1.96 bits per heavy atom. The van der Waals surface area contributed by atoms with Crippen molar-refractivity contribution in [2.24, 2.45) is 4.99 Å². The minimum Gasteiger partial charge on any atom is -0.491 e. The number of nitrogens with one attached hydrogen (secondary N) is 1. The summed E-state index contributed by atoms with van der Waals surface area (Å²) in [5, 5.41) is 13.5. The van der Waals surface area contributed by atoms with E-state index in [-0.39, 0.29) is 30.5 Å². The molecule has 2 rings (SSSR count). The summed E-state index contributed by atoms with van der Waals surface area (Å²) in [6.45, 7) is 6.34. The summed E-state index contributed by atoms with van der Waals surface area (Å²) in [5.74, 6) is 1.64. The van der Waals surface area contributed by atoms with E-state index >= 15 is 0 Å². The molecule has 1 aromatic carbocycles. The van der Waals surface area contributed by atoms with Gasteiger partial charge in [0.05, 0.1) is 19.2 Å². The van der Waals surface area contributed by atoms with Gasteiger partial charge in [0.2, 0.25) is 0 Å². The molecule has 0 radical (unpaired) electrons. The normalized spacial score (nSPS) is 12.1. The lowest BCUT2D eigenvalue weighted by Gasteiger charge is -2.23. The van der Waals surface area contributed by atoms with Gasteiger partial charge in [-0.15, -0.1) is 24.0 Å². The number of aryl methyl sites for hydroxylation is 1. The zero-order chi connectivity index (χ0) is 18.8. The Morgan fingerprint density at radius 1 is 1.26 bits per heavy atom. The van der Waals surface area contributed by atoms with Gasteiger partial charge in [-0.1, -0.05) is 18.2 Å². The average Bonchev–Trinajstić information content (AvgIpc) is 2.67. The van der Waals surface area contributed by atoms with Gasteiger partial charge in [0.1, 0.15) is 12.4 Å². The number of para-hydroxylation sites is 1. The fourth-order valence-electron chi connectivity index (χ4n) is 2.45. The fourth-order valence-corrected chi connectivity index (χ4v) is 2.45. The molecule has 1 atom stereocenters. The van der Waals surface area contributed by atoms with Gasteiger partial charge in [0.25, 0.3) is 0 Å². The first-order valence-corrected chi connectivity index (χ1v) is 8.87. The van der Waals surface area contributed by atoms with E-state index in [0.717, 1.165) is 29.4 Å². The molecule has 0 saturated carbocycles. The van der Waals surface area contributed by atoms with Crippen molar-refractivity contribution in [3.8, 4) is 5.75 Å². The molecular weight excluding hydrogens is 455 g/mol. The monoisotopic (exact) mass is 484 g/mol. The van der Waals surface area contributed by atoms with Gasteiger partial charge in [-0.05, 0) is 43.2 Å². The van der Waals surface area contributed by atoms with Gasteiger partial charge in [-0.3, -0.25) is 9.98 Å². The number of hydrogen-bond donors (Lipinski definition) is 2. The van der Waals surface area contributed by atoms with Crippen molar-refractivity contribution in [2.75, 3.05) is 33.3 Å². The quantitative estimate of drug-likeness (QED) is 0.343. The standard InChI is InChI=1S/C20H28N4O2.HI/c1-4-22-20(23-15-18(25)17-9-11-21-12-10-17)24(3)13-14-26-19-8-6-5-7-16(19)2;/h5-12,18,25H,4,13-15H2,1-3H3,(H,22,23);1H. The second kappa shape index (κ2) is 12.5. The molecule has 2 N–H and O–H groups in total. The average molecular weight is 484 g/mol. The zero-order valence-corrected chi connectivity index (χ0v) is 18.5. The maximum absolute atomic E-state index is 10.3. The maximum Gasteiger partial charge on any atom is 0.193 e. The highest BCUT2D eigenvalue weighted by Gasteiger charge is 2.10. The summed E-state index contributed by atoms with van der Waals surface area (Å²) in [7, 11) is 1.96. The number of hydrogen-bond acceptors (Lipinski definition) is 4. The van der Waals surface area contributed by atoms with Crippen molar-refractivity contribution in [3.05, 3.63) is 59.9 Å². The van der Waals surface area contributed by atoms with Crippen LogP contribution in [0.3, 0.4) is 0 Å². The van der Waals surface area contributed by atoms with Crippen LogP contribution in [0.1, 0.15) is 24.2 Å². The molecule has 0 amide bonds. The number of guanidine groups is 1. The van der Waals surface area contributed by atoms with E-state index in [0.29, 0.717) is 13.2 Å². The molecule has 0 aliphatic carbocycles. The highest BCUT2D eigenvalue weighted by molar-refractivity contribution is 14.0. The van der Waals surface area contributed by atoms with Crippen molar-refractivity contribution in [1.82, 2.24) is 15.2 Å². The van der Waals surface area contributed by atoms with Gasteiger partial charge in [0, 0.05) is 26.0 Å². The smallest absolute Gasteiger partial charge is 0.193 e. The number of benzene rings is 1. The Bertz CT molecular complexity index is 697. The van der Waals surface area contributed by atoms with Gasteiger partial charge in [-0.2, -0.15) is 0 Å². The molecule has 6 nitrogen and oxygen atoms in total. The van der Waals surface area contributed by atoms with E-state index in [9.17, 15) is 5.11 Å². The number of nitrogens with zero attached hydrogens (tertiary/aromatic N) is 3. The predicted octanol–water partition coefficient (Wildman–Crippen LogP) is 3.02. The maximum atomic E-state index is 10.3. The lowest BCUT2D eigenvalue weighted by atomic mass is 10.1. The molecule has 27 heavy (non-hydrogen) atoms. The number of likely N-dealkylation sites (N-methyl/N-ethyl adjacent to an activating group) is 1. The molecule has 1 heterocycles. The summed E-state index contributed by atoms with van der Waals surface area (Å²) >= 11 is 0. The minimum absolute atomic E-state index is 0. The number of pyridine rings is 1. The van der Waals surface area contributed by atoms with Gasteiger partial charge >= 0.3 is 0 Å².